The summed E-state index contributed by atoms with van der Waals surface area (Å²) in [6, 6.07) is 5.86. The van der Waals surface area contributed by atoms with Crippen LogP contribution in [-0.2, 0) is 7.05 Å². The van der Waals surface area contributed by atoms with Gasteiger partial charge in [0.05, 0.1) is 11.7 Å². The van der Waals surface area contributed by atoms with Crippen molar-refractivity contribution in [3.63, 3.8) is 0 Å². The molecule has 0 spiro atoms. The van der Waals surface area contributed by atoms with Crippen LogP contribution in [0.3, 0.4) is 0 Å². The van der Waals surface area contributed by atoms with Crippen LogP contribution in [0.5, 0.6) is 0 Å². The Hall–Kier alpha value is -2.83. The molecule has 0 saturated carbocycles. The van der Waals surface area contributed by atoms with Crippen LogP contribution in [0.4, 0.5) is 5.95 Å². The highest BCUT2D eigenvalue weighted by Gasteiger charge is 2.13. The highest BCUT2D eigenvalue weighted by Crippen LogP contribution is 2.22. The summed E-state index contributed by atoms with van der Waals surface area (Å²) in [7, 11) is 1.91. The number of aryl methyl sites for hydroxylation is 3. The van der Waals surface area contributed by atoms with Crippen molar-refractivity contribution in [2.75, 3.05) is 5.32 Å². The van der Waals surface area contributed by atoms with Gasteiger partial charge in [-0.1, -0.05) is 0 Å². The minimum absolute atomic E-state index is 0.0463. The van der Waals surface area contributed by atoms with Crippen LogP contribution >= 0.6 is 0 Å². The van der Waals surface area contributed by atoms with Crippen molar-refractivity contribution >= 4 is 5.95 Å². The Bertz CT molecular complexity index is 825. The number of nitrogens with zero attached hydrogens (tertiary/aromatic N) is 6. The van der Waals surface area contributed by atoms with E-state index in [1.165, 1.54) is 0 Å². The zero-order valence-corrected chi connectivity index (χ0v) is 13.6. The van der Waals surface area contributed by atoms with Gasteiger partial charge in [-0.3, -0.25) is 4.98 Å². The summed E-state index contributed by atoms with van der Waals surface area (Å²) in [4.78, 5) is 13.4. The number of hydrogen-bond donors (Lipinski definition) is 1. The maximum atomic E-state index is 4.59. The summed E-state index contributed by atoms with van der Waals surface area (Å²) in [6.45, 7) is 5.96. The number of hydrogen-bond acceptors (Lipinski definition) is 6. The van der Waals surface area contributed by atoms with E-state index in [1.807, 2.05) is 50.6 Å². The molecule has 23 heavy (non-hydrogen) atoms. The first-order chi connectivity index (χ1) is 11.0. The Kier molecular flexibility index (Phi) is 4.01. The maximum Gasteiger partial charge on any atom is 0.223 e. The molecule has 0 amide bonds. The summed E-state index contributed by atoms with van der Waals surface area (Å²) < 4.78 is 1.87. The van der Waals surface area contributed by atoms with E-state index in [9.17, 15) is 0 Å². The predicted molar refractivity (Wildman–Crippen MR) is 87.8 cm³/mol. The third-order valence-corrected chi connectivity index (χ3v) is 3.64. The summed E-state index contributed by atoms with van der Waals surface area (Å²) in [5.74, 6) is 1.38. The summed E-state index contributed by atoms with van der Waals surface area (Å²) in [5, 5.41) is 11.3. The summed E-state index contributed by atoms with van der Waals surface area (Å²) in [5.41, 5.74) is 3.80. The first-order valence-electron chi connectivity index (χ1n) is 7.42. The van der Waals surface area contributed by atoms with Gasteiger partial charge in [-0.05, 0) is 39.0 Å². The van der Waals surface area contributed by atoms with Gasteiger partial charge in [0.25, 0.3) is 0 Å². The van der Waals surface area contributed by atoms with Crippen molar-refractivity contribution in [1.29, 1.82) is 0 Å². The number of anilines is 1. The fourth-order valence-electron chi connectivity index (χ4n) is 2.48. The number of aromatic nitrogens is 6. The first kappa shape index (κ1) is 15.1. The highest BCUT2D eigenvalue weighted by molar-refractivity contribution is 5.62. The van der Waals surface area contributed by atoms with Gasteiger partial charge < -0.3 is 9.88 Å². The molecule has 3 aromatic rings. The molecule has 1 N–H and O–H groups in total. The predicted octanol–water partition coefficient (Wildman–Crippen LogP) is 2.46. The molecule has 1 atom stereocenters. The standard InChI is InChI=1S/C16H19N7/c1-10-5-6-13(11(2)19-10)14-7-8-17-16(21-14)20-12(3)15-22-18-9-23(15)4/h5-9,12H,1-4H3,(H,17,20,21)/t12-/m0/s1. The number of nitrogens with one attached hydrogen (secondary N) is 1. The Morgan fingerprint density at radius 1 is 1.13 bits per heavy atom. The average Bonchev–Trinajstić information content (AvgIpc) is 2.94. The van der Waals surface area contributed by atoms with E-state index in [0.29, 0.717) is 5.95 Å². The second-order valence-corrected chi connectivity index (χ2v) is 5.52. The van der Waals surface area contributed by atoms with E-state index in [1.54, 1.807) is 12.5 Å². The average molecular weight is 309 g/mol. The molecule has 0 aromatic carbocycles. The molecule has 0 bridgehead atoms. The second-order valence-electron chi connectivity index (χ2n) is 5.52. The van der Waals surface area contributed by atoms with Gasteiger partial charge in [-0.15, -0.1) is 10.2 Å². The van der Waals surface area contributed by atoms with E-state index >= 15 is 0 Å². The van der Waals surface area contributed by atoms with Crippen molar-refractivity contribution < 1.29 is 0 Å². The zero-order valence-electron chi connectivity index (χ0n) is 13.6. The Labute approximate surface area is 134 Å². The molecule has 0 aliphatic rings. The molecular formula is C16H19N7. The van der Waals surface area contributed by atoms with Gasteiger partial charge in [-0.2, -0.15) is 0 Å². The molecule has 0 aliphatic carbocycles. The van der Waals surface area contributed by atoms with Crippen molar-refractivity contribution in [3.8, 4) is 11.3 Å². The van der Waals surface area contributed by atoms with Crippen LogP contribution in [0, 0.1) is 13.8 Å². The van der Waals surface area contributed by atoms with Crippen LogP contribution < -0.4 is 5.32 Å². The van der Waals surface area contributed by atoms with E-state index in [4.69, 9.17) is 0 Å². The number of rotatable bonds is 4. The van der Waals surface area contributed by atoms with E-state index in [2.05, 4.69) is 30.5 Å². The van der Waals surface area contributed by atoms with Crippen LogP contribution in [0.1, 0.15) is 30.2 Å². The minimum Gasteiger partial charge on any atom is -0.344 e. The molecule has 3 heterocycles. The van der Waals surface area contributed by atoms with E-state index < -0.39 is 0 Å². The van der Waals surface area contributed by atoms with Crippen molar-refractivity contribution in [3.05, 3.63) is 47.9 Å². The van der Waals surface area contributed by atoms with E-state index in [0.717, 1.165) is 28.5 Å². The maximum absolute atomic E-state index is 4.59. The quantitative estimate of drug-likeness (QED) is 0.797. The molecule has 0 aliphatic heterocycles. The van der Waals surface area contributed by atoms with Crippen LogP contribution in [0.2, 0.25) is 0 Å². The molecule has 0 fully saturated rings. The van der Waals surface area contributed by atoms with Crippen LogP contribution in [0.15, 0.2) is 30.7 Å². The van der Waals surface area contributed by atoms with Crippen LogP contribution in [0.25, 0.3) is 11.3 Å². The molecule has 3 rings (SSSR count). The lowest BCUT2D eigenvalue weighted by Crippen LogP contribution is -2.14. The Morgan fingerprint density at radius 2 is 1.96 bits per heavy atom. The molecule has 7 heteroatoms. The largest absolute Gasteiger partial charge is 0.344 e. The van der Waals surface area contributed by atoms with Gasteiger partial charge in [-0.25, -0.2) is 9.97 Å². The lowest BCUT2D eigenvalue weighted by atomic mass is 10.1. The fraction of sp³-hybridized carbons (Fsp3) is 0.312. The van der Waals surface area contributed by atoms with E-state index in [-0.39, 0.29) is 6.04 Å². The van der Waals surface area contributed by atoms with Crippen molar-refractivity contribution in [2.45, 2.75) is 26.8 Å². The molecule has 118 valence electrons. The van der Waals surface area contributed by atoms with Gasteiger partial charge in [0.2, 0.25) is 5.95 Å². The van der Waals surface area contributed by atoms with Gasteiger partial charge in [0.1, 0.15) is 6.33 Å². The molecule has 3 aromatic heterocycles. The summed E-state index contributed by atoms with van der Waals surface area (Å²) in [6.07, 6.45) is 3.42. The Balaban J connectivity index is 1.87. The lowest BCUT2D eigenvalue weighted by molar-refractivity contribution is 0.713. The SMILES string of the molecule is Cc1ccc(-c2ccnc(N[C@@H](C)c3nncn3C)n2)c(C)n1. The molecular weight excluding hydrogens is 290 g/mol. The summed E-state index contributed by atoms with van der Waals surface area (Å²) >= 11 is 0. The second kappa shape index (κ2) is 6.12. The monoisotopic (exact) mass is 309 g/mol. The lowest BCUT2D eigenvalue weighted by Gasteiger charge is -2.13. The molecule has 0 unspecified atom stereocenters. The fourth-order valence-corrected chi connectivity index (χ4v) is 2.48. The molecule has 0 saturated heterocycles. The van der Waals surface area contributed by atoms with Gasteiger partial charge in [0, 0.05) is 30.2 Å². The van der Waals surface area contributed by atoms with Gasteiger partial charge in [0.15, 0.2) is 5.82 Å². The zero-order chi connectivity index (χ0) is 16.4. The molecule has 7 nitrogen and oxygen atoms in total. The highest BCUT2D eigenvalue weighted by atomic mass is 15.3. The third kappa shape index (κ3) is 3.18. The Morgan fingerprint density at radius 3 is 2.65 bits per heavy atom. The van der Waals surface area contributed by atoms with Gasteiger partial charge >= 0.3 is 0 Å². The van der Waals surface area contributed by atoms with Crippen LogP contribution in [-0.4, -0.2) is 29.7 Å². The molecule has 0 radical (unpaired) electrons. The first-order valence-corrected chi connectivity index (χ1v) is 7.42. The number of pyridine rings is 1. The topological polar surface area (TPSA) is 81.4 Å². The normalized spacial score (nSPS) is 12.2. The van der Waals surface area contributed by atoms with Crippen molar-refractivity contribution in [2.24, 2.45) is 7.05 Å². The minimum atomic E-state index is -0.0463. The third-order valence-electron chi connectivity index (χ3n) is 3.64. The smallest absolute Gasteiger partial charge is 0.223 e. The van der Waals surface area contributed by atoms with Crippen molar-refractivity contribution in [1.82, 2.24) is 29.7 Å².